The Morgan fingerprint density at radius 2 is 1.72 bits per heavy atom. The first-order valence-electron chi connectivity index (χ1n) is 7.65. The highest BCUT2D eigenvalue weighted by molar-refractivity contribution is 7.89. The normalized spacial score (nSPS) is 19.2. The van der Waals surface area contributed by atoms with Gasteiger partial charge in [-0.2, -0.15) is 4.31 Å². The molecular formula is C17H16F2N2O3S. The van der Waals surface area contributed by atoms with Gasteiger partial charge in [-0.05, 0) is 31.2 Å². The molecule has 1 aliphatic rings. The van der Waals surface area contributed by atoms with Crippen molar-refractivity contribution in [3.8, 4) is 0 Å². The second-order valence-electron chi connectivity index (χ2n) is 5.69. The van der Waals surface area contributed by atoms with Gasteiger partial charge >= 0.3 is 0 Å². The fraction of sp³-hybridized carbons (Fsp3) is 0.235. The zero-order valence-electron chi connectivity index (χ0n) is 13.4. The average molecular weight is 366 g/mol. The van der Waals surface area contributed by atoms with Crippen LogP contribution in [0.2, 0.25) is 0 Å². The Morgan fingerprint density at radius 3 is 2.36 bits per heavy atom. The lowest BCUT2D eigenvalue weighted by molar-refractivity contribution is -0.123. The third-order valence-electron chi connectivity index (χ3n) is 4.15. The molecule has 0 spiro atoms. The van der Waals surface area contributed by atoms with Crippen LogP contribution in [-0.2, 0) is 14.8 Å². The van der Waals surface area contributed by atoms with Crippen LogP contribution < -0.4 is 4.90 Å². The summed E-state index contributed by atoms with van der Waals surface area (Å²) in [6, 6.07) is 9.75. The maximum absolute atomic E-state index is 14.0. The van der Waals surface area contributed by atoms with Crippen LogP contribution in [0, 0.1) is 11.6 Å². The van der Waals surface area contributed by atoms with Gasteiger partial charge in [0, 0.05) is 19.2 Å². The van der Waals surface area contributed by atoms with Crippen molar-refractivity contribution in [1.82, 2.24) is 4.31 Å². The quantitative estimate of drug-likeness (QED) is 0.838. The van der Waals surface area contributed by atoms with Gasteiger partial charge < -0.3 is 4.90 Å². The number of hydrogen-bond donors (Lipinski definition) is 0. The Balaban J connectivity index is 1.89. The summed E-state index contributed by atoms with van der Waals surface area (Å²) in [6.45, 7) is 1.45. The van der Waals surface area contributed by atoms with Gasteiger partial charge in [-0.15, -0.1) is 0 Å². The molecule has 0 bridgehead atoms. The predicted molar refractivity (Wildman–Crippen MR) is 88.5 cm³/mol. The van der Waals surface area contributed by atoms with Crippen molar-refractivity contribution >= 4 is 21.6 Å². The predicted octanol–water partition coefficient (Wildman–Crippen LogP) is 2.39. The second-order valence-corrected chi connectivity index (χ2v) is 7.58. The van der Waals surface area contributed by atoms with Crippen molar-refractivity contribution in [1.29, 1.82) is 0 Å². The molecule has 25 heavy (non-hydrogen) atoms. The number of carbonyl (C=O) groups excluding carboxylic acids is 1. The summed E-state index contributed by atoms with van der Waals surface area (Å²) in [4.78, 5) is 13.9. The molecule has 5 nitrogen and oxygen atoms in total. The SMILES string of the molecule is CC1C(=O)N(c2ccc(F)cc2F)CCN1S(=O)(=O)c1ccccc1. The minimum atomic E-state index is -3.83. The Hall–Kier alpha value is -2.32. The zero-order valence-corrected chi connectivity index (χ0v) is 14.2. The van der Waals surface area contributed by atoms with E-state index in [9.17, 15) is 22.0 Å². The lowest BCUT2D eigenvalue weighted by Crippen LogP contribution is -2.57. The largest absolute Gasteiger partial charge is 0.307 e. The Labute approximate surface area is 144 Å². The monoisotopic (exact) mass is 366 g/mol. The summed E-state index contributed by atoms with van der Waals surface area (Å²) in [5, 5.41) is 0. The number of anilines is 1. The number of nitrogens with zero attached hydrogens (tertiary/aromatic N) is 2. The third-order valence-corrected chi connectivity index (χ3v) is 6.13. The van der Waals surface area contributed by atoms with Crippen molar-refractivity contribution in [2.75, 3.05) is 18.0 Å². The van der Waals surface area contributed by atoms with Gasteiger partial charge in [-0.3, -0.25) is 4.79 Å². The summed E-state index contributed by atoms with van der Waals surface area (Å²) in [5.41, 5.74) is -0.0602. The molecule has 1 saturated heterocycles. The van der Waals surface area contributed by atoms with Crippen LogP contribution in [0.25, 0.3) is 0 Å². The van der Waals surface area contributed by atoms with E-state index in [1.807, 2.05) is 0 Å². The number of sulfonamides is 1. The van der Waals surface area contributed by atoms with E-state index < -0.39 is 33.6 Å². The summed E-state index contributed by atoms with van der Waals surface area (Å²) in [5.74, 6) is -2.16. The van der Waals surface area contributed by atoms with Crippen LogP contribution in [0.5, 0.6) is 0 Å². The molecule has 132 valence electrons. The highest BCUT2D eigenvalue weighted by Gasteiger charge is 2.40. The first-order chi connectivity index (χ1) is 11.8. The number of halogens is 2. The molecule has 1 atom stereocenters. The van der Waals surface area contributed by atoms with Crippen LogP contribution >= 0.6 is 0 Å². The molecule has 0 aromatic heterocycles. The Morgan fingerprint density at radius 1 is 1.04 bits per heavy atom. The second kappa shape index (κ2) is 6.53. The van der Waals surface area contributed by atoms with Gasteiger partial charge in [0.2, 0.25) is 15.9 Å². The molecule has 0 aliphatic carbocycles. The van der Waals surface area contributed by atoms with E-state index in [2.05, 4.69) is 0 Å². The van der Waals surface area contributed by atoms with Crippen LogP contribution in [-0.4, -0.2) is 37.8 Å². The topological polar surface area (TPSA) is 57.7 Å². The van der Waals surface area contributed by atoms with Crippen molar-refractivity contribution in [3.05, 3.63) is 60.2 Å². The molecule has 0 N–H and O–H groups in total. The molecule has 1 amide bonds. The van der Waals surface area contributed by atoms with Crippen molar-refractivity contribution in [3.63, 3.8) is 0 Å². The van der Waals surface area contributed by atoms with Gasteiger partial charge in [0.1, 0.15) is 17.7 Å². The van der Waals surface area contributed by atoms with Gasteiger partial charge in [0.25, 0.3) is 0 Å². The molecule has 0 saturated carbocycles. The van der Waals surface area contributed by atoms with E-state index in [1.165, 1.54) is 25.1 Å². The molecule has 1 heterocycles. The summed E-state index contributed by atoms with van der Waals surface area (Å²) >= 11 is 0. The lowest BCUT2D eigenvalue weighted by atomic mass is 10.2. The van der Waals surface area contributed by atoms with Gasteiger partial charge in [0.15, 0.2) is 0 Å². The number of benzene rings is 2. The van der Waals surface area contributed by atoms with Crippen LogP contribution in [0.15, 0.2) is 53.4 Å². The Bertz CT molecular complexity index is 903. The van der Waals surface area contributed by atoms with Crippen molar-refractivity contribution < 1.29 is 22.0 Å². The standard InChI is InChI=1S/C17H16F2N2O3S/c1-12-17(22)20(16-8-7-13(18)11-15(16)19)9-10-21(12)25(23,24)14-5-3-2-4-6-14/h2-8,11-12H,9-10H2,1H3. The van der Waals surface area contributed by atoms with E-state index >= 15 is 0 Å². The van der Waals surface area contributed by atoms with E-state index in [0.29, 0.717) is 6.07 Å². The molecule has 8 heteroatoms. The Kier molecular flexibility index (Phi) is 4.57. The average Bonchev–Trinajstić information content (AvgIpc) is 2.58. The molecule has 0 radical (unpaired) electrons. The molecule has 1 fully saturated rings. The van der Waals surface area contributed by atoms with Gasteiger partial charge in [-0.25, -0.2) is 17.2 Å². The molecular weight excluding hydrogens is 350 g/mol. The lowest BCUT2D eigenvalue weighted by Gasteiger charge is -2.38. The number of rotatable bonds is 3. The molecule has 3 rings (SSSR count). The smallest absolute Gasteiger partial charge is 0.245 e. The highest BCUT2D eigenvalue weighted by atomic mass is 32.2. The third kappa shape index (κ3) is 3.14. The molecule has 2 aromatic carbocycles. The zero-order chi connectivity index (χ0) is 18.2. The summed E-state index contributed by atoms with van der Waals surface area (Å²) in [7, 11) is -3.83. The first kappa shape index (κ1) is 17.5. The summed E-state index contributed by atoms with van der Waals surface area (Å²) < 4.78 is 53.6. The van der Waals surface area contributed by atoms with Crippen molar-refractivity contribution in [2.24, 2.45) is 0 Å². The number of amides is 1. The van der Waals surface area contributed by atoms with Crippen LogP contribution in [0.1, 0.15) is 6.92 Å². The van der Waals surface area contributed by atoms with E-state index in [0.717, 1.165) is 15.3 Å². The van der Waals surface area contributed by atoms with Crippen molar-refractivity contribution in [2.45, 2.75) is 17.9 Å². The number of piperazine rings is 1. The first-order valence-corrected chi connectivity index (χ1v) is 9.09. The van der Waals surface area contributed by atoms with Gasteiger partial charge in [0.05, 0.1) is 10.6 Å². The number of hydrogen-bond acceptors (Lipinski definition) is 3. The highest BCUT2D eigenvalue weighted by Crippen LogP contribution is 2.27. The fourth-order valence-corrected chi connectivity index (χ4v) is 4.45. The number of carbonyl (C=O) groups is 1. The minimum absolute atomic E-state index is 0.0148. The molecule has 2 aromatic rings. The van der Waals surface area contributed by atoms with Crippen LogP contribution in [0.4, 0.5) is 14.5 Å². The van der Waals surface area contributed by atoms with Crippen LogP contribution in [0.3, 0.4) is 0 Å². The fourth-order valence-electron chi connectivity index (χ4n) is 2.85. The molecule has 1 aliphatic heterocycles. The minimum Gasteiger partial charge on any atom is -0.307 e. The van der Waals surface area contributed by atoms with E-state index in [1.54, 1.807) is 18.2 Å². The summed E-state index contributed by atoms with van der Waals surface area (Å²) in [6.07, 6.45) is 0. The molecule has 1 unspecified atom stereocenters. The van der Waals surface area contributed by atoms with E-state index in [-0.39, 0.29) is 23.7 Å². The maximum Gasteiger partial charge on any atom is 0.245 e. The van der Waals surface area contributed by atoms with E-state index in [4.69, 9.17) is 0 Å². The maximum atomic E-state index is 14.0. The van der Waals surface area contributed by atoms with Gasteiger partial charge in [-0.1, -0.05) is 18.2 Å².